The van der Waals surface area contributed by atoms with E-state index in [0.29, 0.717) is 17.9 Å². The monoisotopic (exact) mass is 446 g/mol. The van der Waals surface area contributed by atoms with Crippen LogP contribution < -0.4 is 14.4 Å². The van der Waals surface area contributed by atoms with Crippen molar-refractivity contribution in [3.05, 3.63) is 99.4 Å². The average molecular weight is 446 g/mol. The van der Waals surface area contributed by atoms with Gasteiger partial charge in [0.1, 0.15) is 11.6 Å². The largest absolute Gasteiger partial charge is 0.496 e. The molecule has 0 saturated carbocycles. The number of hydrogen-bond acceptors (Lipinski definition) is 5. The van der Waals surface area contributed by atoms with Gasteiger partial charge in [-0.05, 0) is 61.4 Å². The molecule has 3 aromatic rings. The van der Waals surface area contributed by atoms with Crippen LogP contribution in [0.1, 0.15) is 30.5 Å². The summed E-state index contributed by atoms with van der Waals surface area (Å²) in [4.78, 5) is 13.5. The van der Waals surface area contributed by atoms with Gasteiger partial charge in [-0.1, -0.05) is 30.3 Å². The molecule has 0 aromatic heterocycles. The van der Waals surface area contributed by atoms with E-state index >= 15 is 0 Å². The molecule has 0 bridgehead atoms. The molecule has 33 heavy (non-hydrogen) atoms. The molecule has 1 unspecified atom stereocenters. The van der Waals surface area contributed by atoms with Crippen LogP contribution in [0.25, 0.3) is 6.08 Å². The molecule has 1 spiro atoms. The van der Waals surface area contributed by atoms with Crippen molar-refractivity contribution in [1.82, 2.24) is 0 Å². The molecule has 0 aliphatic carbocycles. The summed E-state index contributed by atoms with van der Waals surface area (Å²) in [6.07, 6.45) is 3.79. The standard InChI is InChI=1S/C26H23FN2O4/c1-25(2)20-6-4-5-7-21(20)28(16-17-8-10-18(27)11-9-17)26(25)15-14-19-23(32-3)13-12-22(29(30)31)24(19)33-26/h4-15H,16H2,1-3H3. The molecule has 0 N–H and O–H groups in total. The number of halogens is 1. The summed E-state index contributed by atoms with van der Waals surface area (Å²) in [5.41, 5.74) is 1.72. The lowest BCUT2D eigenvalue weighted by atomic mass is 9.76. The molecule has 2 aliphatic heterocycles. The number of para-hydroxylation sites is 1. The Bertz CT molecular complexity index is 1290. The third-order valence-corrected chi connectivity index (χ3v) is 6.70. The molecule has 168 valence electrons. The molecular formula is C26H23FN2O4. The van der Waals surface area contributed by atoms with Gasteiger partial charge in [0.2, 0.25) is 11.5 Å². The fraction of sp³-hybridized carbons (Fsp3) is 0.231. The Morgan fingerprint density at radius 3 is 2.52 bits per heavy atom. The van der Waals surface area contributed by atoms with Crippen molar-refractivity contribution in [2.45, 2.75) is 31.5 Å². The van der Waals surface area contributed by atoms with Gasteiger partial charge in [0, 0.05) is 18.3 Å². The number of nitro benzene ring substituents is 1. The first-order chi connectivity index (χ1) is 15.8. The Kier molecular flexibility index (Phi) is 4.67. The number of nitro groups is 1. The maximum Gasteiger partial charge on any atom is 0.311 e. The van der Waals surface area contributed by atoms with E-state index in [9.17, 15) is 14.5 Å². The Morgan fingerprint density at radius 1 is 1.09 bits per heavy atom. The van der Waals surface area contributed by atoms with Gasteiger partial charge in [-0.25, -0.2) is 4.39 Å². The molecule has 7 heteroatoms. The number of nitrogens with zero attached hydrogens (tertiary/aromatic N) is 2. The van der Waals surface area contributed by atoms with Gasteiger partial charge in [0.15, 0.2) is 0 Å². The highest BCUT2D eigenvalue weighted by atomic mass is 19.1. The van der Waals surface area contributed by atoms with Crippen LogP contribution in [0.3, 0.4) is 0 Å². The summed E-state index contributed by atoms with van der Waals surface area (Å²) in [6, 6.07) is 17.3. The SMILES string of the molecule is COc1ccc([N+](=O)[O-])c2c1C=CC1(O2)N(Cc2ccc(F)cc2)c2ccccc2C1(C)C. The Labute approximate surface area is 191 Å². The molecule has 2 heterocycles. The Hall–Kier alpha value is -3.87. The molecule has 6 nitrogen and oxygen atoms in total. The molecule has 3 aromatic carbocycles. The van der Waals surface area contributed by atoms with Crippen LogP contribution in [-0.4, -0.2) is 17.8 Å². The molecule has 0 radical (unpaired) electrons. The van der Waals surface area contributed by atoms with Gasteiger partial charge >= 0.3 is 5.69 Å². The van der Waals surface area contributed by atoms with Gasteiger partial charge in [-0.2, -0.15) is 0 Å². The minimum atomic E-state index is -1.05. The average Bonchev–Trinajstić information content (AvgIpc) is 2.98. The maximum atomic E-state index is 13.5. The minimum absolute atomic E-state index is 0.122. The molecule has 0 amide bonds. The smallest absolute Gasteiger partial charge is 0.311 e. The number of methoxy groups -OCH3 is 1. The van der Waals surface area contributed by atoms with E-state index in [1.54, 1.807) is 18.2 Å². The van der Waals surface area contributed by atoms with Crippen molar-refractivity contribution in [2.75, 3.05) is 12.0 Å². The quantitative estimate of drug-likeness (QED) is 0.372. The second-order valence-corrected chi connectivity index (χ2v) is 8.77. The Morgan fingerprint density at radius 2 is 1.82 bits per heavy atom. The van der Waals surface area contributed by atoms with Crippen LogP contribution in [0.4, 0.5) is 15.8 Å². The van der Waals surface area contributed by atoms with E-state index in [-0.39, 0.29) is 17.3 Å². The highest BCUT2D eigenvalue weighted by Gasteiger charge is 2.59. The lowest BCUT2D eigenvalue weighted by Crippen LogP contribution is -2.59. The van der Waals surface area contributed by atoms with E-state index < -0.39 is 16.1 Å². The number of anilines is 1. The van der Waals surface area contributed by atoms with E-state index in [0.717, 1.165) is 16.8 Å². The van der Waals surface area contributed by atoms with Crippen molar-refractivity contribution in [3.8, 4) is 11.5 Å². The van der Waals surface area contributed by atoms with Crippen LogP contribution in [0.2, 0.25) is 0 Å². The number of hydrogen-bond donors (Lipinski definition) is 0. The topological polar surface area (TPSA) is 64.8 Å². The molecule has 0 saturated heterocycles. The summed E-state index contributed by atoms with van der Waals surface area (Å²) in [5, 5.41) is 11.9. The fourth-order valence-electron chi connectivity index (χ4n) is 4.95. The van der Waals surface area contributed by atoms with Crippen molar-refractivity contribution < 1.29 is 18.8 Å². The molecule has 2 aliphatic rings. The van der Waals surface area contributed by atoms with E-state index in [1.807, 2.05) is 30.4 Å². The van der Waals surface area contributed by atoms with E-state index in [4.69, 9.17) is 9.47 Å². The van der Waals surface area contributed by atoms with Crippen LogP contribution in [0.5, 0.6) is 11.5 Å². The normalized spacial score (nSPS) is 19.7. The maximum absolute atomic E-state index is 13.5. The second kappa shape index (κ2) is 7.33. The van der Waals surface area contributed by atoms with Gasteiger partial charge < -0.3 is 14.4 Å². The predicted octanol–water partition coefficient (Wildman–Crippen LogP) is 5.84. The van der Waals surface area contributed by atoms with Gasteiger partial charge in [-0.15, -0.1) is 0 Å². The van der Waals surface area contributed by atoms with Crippen molar-refractivity contribution in [3.63, 3.8) is 0 Å². The van der Waals surface area contributed by atoms with Gasteiger partial charge in [0.05, 0.1) is 23.0 Å². The molecule has 0 fully saturated rings. The zero-order valence-corrected chi connectivity index (χ0v) is 18.5. The van der Waals surface area contributed by atoms with Crippen molar-refractivity contribution in [2.24, 2.45) is 0 Å². The fourth-order valence-corrected chi connectivity index (χ4v) is 4.95. The zero-order valence-electron chi connectivity index (χ0n) is 18.5. The van der Waals surface area contributed by atoms with E-state index in [1.165, 1.54) is 25.3 Å². The van der Waals surface area contributed by atoms with E-state index in [2.05, 4.69) is 24.8 Å². The first-order valence-electron chi connectivity index (χ1n) is 10.6. The van der Waals surface area contributed by atoms with Crippen molar-refractivity contribution >= 4 is 17.5 Å². The Balaban J connectivity index is 1.71. The number of rotatable bonds is 4. The predicted molar refractivity (Wildman–Crippen MR) is 124 cm³/mol. The lowest BCUT2D eigenvalue weighted by molar-refractivity contribution is -0.386. The van der Waals surface area contributed by atoms with Gasteiger partial charge in [0.25, 0.3) is 0 Å². The highest BCUT2D eigenvalue weighted by molar-refractivity contribution is 5.77. The molecule has 5 rings (SSSR count). The lowest BCUT2D eigenvalue weighted by Gasteiger charge is -2.47. The highest BCUT2D eigenvalue weighted by Crippen LogP contribution is 2.57. The van der Waals surface area contributed by atoms with Crippen molar-refractivity contribution in [1.29, 1.82) is 0 Å². The summed E-state index contributed by atoms with van der Waals surface area (Å²) < 4.78 is 25.7. The van der Waals surface area contributed by atoms with Gasteiger partial charge in [-0.3, -0.25) is 10.1 Å². The summed E-state index contributed by atoms with van der Waals surface area (Å²) in [6.45, 7) is 4.56. The van der Waals surface area contributed by atoms with Crippen LogP contribution in [-0.2, 0) is 12.0 Å². The van der Waals surface area contributed by atoms with Crippen LogP contribution >= 0.6 is 0 Å². The minimum Gasteiger partial charge on any atom is -0.496 e. The number of benzene rings is 3. The first kappa shape index (κ1) is 21.0. The third kappa shape index (κ3) is 2.99. The van der Waals surface area contributed by atoms with Crippen LogP contribution in [0.15, 0.2) is 66.7 Å². The zero-order chi connectivity index (χ0) is 23.4. The number of fused-ring (bicyclic) bond motifs is 2. The summed E-state index contributed by atoms with van der Waals surface area (Å²) >= 11 is 0. The van der Waals surface area contributed by atoms with Crippen LogP contribution in [0, 0.1) is 15.9 Å². The summed E-state index contributed by atoms with van der Waals surface area (Å²) in [7, 11) is 1.52. The summed E-state index contributed by atoms with van der Waals surface area (Å²) in [5.74, 6) is 0.369. The molecular weight excluding hydrogens is 423 g/mol. The third-order valence-electron chi connectivity index (χ3n) is 6.70. The second-order valence-electron chi connectivity index (χ2n) is 8.77. The number of ether oxygens (including phenoxy) is 2. The first-order valence-corrected chi connectivity index (χ1v) is 10.6. The molecule has 1 atom stereocenters.